The maximum atomic E-state index is 13.0. The predicted molar refractivity (Wildman–Crippen MR) is 132 cm³/mol. The fourth-order valence-electron chi connectivity index (χ4n) is 4.46. The van der Waals surface area contributed by atoms with E-state index in [0.29, 0.717) is 48.9 Å². The van der Waals surface area contributed by atoms with Gasteiger partial charge < -0.3 is 9.72 Å². The van der Waals surface area contributed by atoms with Gasteiger partial charge in [0.15, 0.2) is 0 Å². The highest BCUT2D eigenvalue weighted by Gasteiger charge is 2.24. The van der Waals surface area contributed by atoms with Crippen molar-refractivity contribution in [1.82, 2.24) is 34.8 Å². The van der Waals surface area contributed by atoms with Crippen LogP contribution in [0.5, 0.6) is 0 Å². The Morgan fingerprint density at radius 1 is 1.22 bits per heavy atom. The predicted octanol–water partition coefficient (Wildman–Crippen LogP) is 2.00. The quantitative estimate of drug-likeness (QED) is 0.312. The zero-order valence-corrected chi connectivity index (χ0v) is 20.3. The number of hydrogen-bond acceptors (Lipinski definition) is 8. The van der Waals surface area contributed by atoms with Crippen molar-refractivity contribution < 1.29 is 13.2 Å². The van der Waals surface area contributed by atoms with E-state index in [-0.39, 0.29) is 11.3 Å². The molecule has 1 atom stereocenters. The molecule has 0 spiro atoms. The molecule has 0 bridgehead atoms. The molecule has 1 fully saturated rings. The van der Waals surface area contributed by atoms with E-state index >= 15 is 0 Å². The minimum absolute atomic E-state index is 0.129. The molecule has 12 heteroatoms. The van der Waals surface area contributed by atoms with Gasteiger partial charge in [0.2, 0.25) is 10.0 Å². The number of ether oxygens (including phenoxy) is 1. The molecule has 1 aliphatic rings. The van der Waals surface area contributed by atoms with E-state index in [1.54, 1.807) is 30.6 Å². The van der Waals surface area contributed by atoms with Gasteiger partial charge in [-0.05, 0) is 23.8 Å². The van der Waals surface area contributed by atoms with Crippen LogP contribution >= 0.6 is 0 Å². The minimum Gasteiger partial charge on any atom is -0.379 e. The van der Waals surface area contributed by atoms with Crippen molar-refractivity contribution in [3.05, 3.63) is 60.3 Å². The van der Waals surface area contributed by atoms with E-state index in [0.717, 1.165) is 24.0 Å². The number of sulfonamides is 1. The number of aromatic amines is 2. The molecule has 1 saturated heterocycles. The molecule has 1 aromatic carbocycles. The standard InChI is InChI=1S/C24H26N8O3S/c25-6-4-19(23-21(15-29-31-23)22-20-5-7-26-24(20)28-16-27-22)17-2-1-3-18(14-17)36(33,34)30-8-9-32-10-12-35-13-11-32/h1-3,5,7,14-16,19,30H,4,8-13H2,(H,29,31)(H,26,27,28). The molecule has 0 amide bonds. The summed E-state index contributed by atoms with van der Waals surface area (Å²) in [6.07, 6.45) is 5.06. The van der Waals surface area contributed by atoms with Gasteiger partial charge in [-0.15, -0.1) is 0 Å². The van der Waals surface area contributed by atoms with Gasteiger partial charge in [0.25, 0.3) is 0 Å². The van der Waals surface area contributed by atoms with E-state index in [1.807, 2.05) is 12.1 Å². The van der Waals surface area contributed by atoms with Gasteiger partial charge in [-0.1, -0.05) is 12.1 Å². The monoisotopic (exact) mass is 506 g/mol. The van der Waals surface area contributed by atoms with Crippen molar-refractivity contribution in [2.24, 2.45) is 0 Å². The summed E-state index contributed by atoms with van der Waals surface area (Å²) < 4.78 is 34.1. The third-order valence-corrected chi connectivity index (χ3v) is 7.78. The van der Waals surface area contributed by atoms with Crippen molar-refractivity contribution in [2.75, 3.05) is 39.4 Å². The van der Waals surface area contributed by atoms with Gasteiger partial charge in [-0.25, -0.2) is 23.1 Å². The highest BCUT2D eigenvalue weighted by atomic mass is 32.2. The number of nitrogens with zero attached hydrogens (tertiary/aromatic N) is 5. The number of rotatable bonds is 9. The largest absolute Gasteiger partial charge is 0.379 e. The molecular formula is C24H26N8O3S. The van der Waals surface area contributed by atoms with Crippen LogP contribution < -0.4 is 4.72 Å². The molecule has 186 valence electrons. The molecule has 3 aromatic heterocycles. The fraction of sp³-hybridized carbons (Fsp3) is 0.333. The number of benzene rings is 1. The Balaban J connectivity index is 1.41. The summed E-state index contributed by atoms with van der Waals surface area (Å²) in [5, 5.41) is 17.7. The molecule has 36 heavy (non-hydrogen) atoms. The zero-order chi connectivity index (χ0) is 25.0. The van der Waals surface area contributed by atoms with Crippen LogP contribution in [-0.4, -0.2) is 77.9 Å². The van der Waals surface area contributed by atoms with Crippen LogP contribution in [0, 0.1) is 11.3 Å². The van der Waals surface area contributed by atoms with Gasteiger partial charge in [-0.3, -0.25) is 10.00 Å². The molecule has 11 nitrogen and oxygen atoms in total. The molecule has 1 unspecified atom stereocenters. The van der Waals surface area contributed by atoms with Crippen molar-refractivity contribution >= 4 is 21.1 Å². The van der Waals surface area contributed by atoms with Gasteiger partial charge >= 0.3 is 0 Å². The van der Waals surface area contributed by atoms with Gasteiger partial charge in [-0.2, -0.15) is 10.4 Å². The summed E-state index contributed by atoms with van der Waals surface area (Å²) >= 11 is 0. The summed E-state index contributed by atoms with van der Waals surface area (Å²) in [6.45, 7) is 3.83. The number of H-pyrrole nitrogens is 2. The van der Waals surface area contributed by atoms with Gasteiger partial charge in [0.1, 0.15) is 12.0 Å². The van der Waals surface area contributed by atoms with Crippen LogP contribution in [-0.2, 0) is 14.8 Å². The van der Waals surface area contributed by atoms with Crippen molar-refractivity contribution in [3.8, 4) is 17.3 Å². The summed E-state index contributed by atoms with van der Waals surface area (Å²) in [5.74, 6) is -0.431. The van der Waals surface area contributed by atoms with Crippen LogP contribution in [0.4, 0.5) is 0 Å². The third-order valence-electron chi connectivity index (χ3n) is 6.32. The number of fused-ring (bicyclic) bond motifs is 1. The Morgan fingerprint density at radius 2 is 2.08 bits per heavy atom. The van der Waals surface area contributed by atoms with E-state index in [1.165, 1.54) is 6.33 Å². The molecule has 5 rings (SSSR count). The lowest BCUT2D eigenvalue weighted by molar-refractivity contribution is 0.0390. The maximum absolute atomic E-state index is 13.0. The Bertz CT molecular complexity index is 1480. The summed E-state index contributed by atoms with van der Waals surface area (Å²) in [4.78, 5) is 14.1. The maximum Gasteiger partial charge on any atom is 0.240 e. The second kappa shape index (κ2) is 10.5. The Hall–Kier alpha value is -3.63. The van der Waals surface area contributed by atoms with Crippen molar-refractivity contribution in [1.29, 1.82) is 5.26 Å². The number of nitriles is 1. The molecule has 3 N–H and O–H groups in total. The summed E-state index contributed by atoms with van der Waals surface area (Å²) in [7, 11) is -3.73. The lowest BCUT2D eigenvalue weighted by Crippen LogP contribution is -2.41. The van der Waals surface area contributed by atoms with Crippen LogP contribution in [0.15, 0.2) is 53.9 Å². The normalized spacial score (nSPS) is 15.6. The summed E-state index contributed by atoms with van der Waals surface area (Å²) in [5.41, 5.74) is 3.49. The Labute approximate surface area is 208 Å². The van der Waals surface area contributed by atoms with Crippen LogP contribution in [0.2, 0.25) is 0 Å². The highest BCUT2D eigenvalue weighted by Crippen LogP contribution is 2.36. The number of aromatic nitrogens is 5. The number of nitrogens with one attached hydrogen (secondary N) is 3. The molecule has 1 aliphatic heterocycles. The lowest BCUT2D eigenvalue weighted by atomic mass is 9.90. The first-order chi connectivity index (χ1) is 17.6. The fourth-order valence-corrected chi connectivity index (χ4v) is 5.54. The molecule has 4 heterocycles. The minimum atomic E-state index is -3.73. The SMILES string of the molecule is N#CCC(c1cccc(S(=O)(=O)NCCN2CCOCC2)c1)c1[nH]ncc1-c1ncnc2[nH]ccc12. The van der Waals surface area contributed by atoms with Crippen molar-refractivity contribution in [2.45, 2.75) is 17.2 Å². The van der Waals surface area contributed by atoms with E-state index in [4.69, 9.17) is 4.74 Å². The second-order valence-corrected chi connectivity index (χ2v) is 10.3. The zero-order valence-electron chi connectivity index (χ0n) is 19.5. The molecule has 0 radical (unpaired) electrons. The van der Waals surface area contributed by atoms with Crippen LogP contribution in [0.1, 0.15) is 23.6 Å². The van der Waals surface area contributed by atoms with E-state index in [9.17, 15) is 13.7 Å². The first-order valence-electron chi connectivity index (χ1n) is 11.7. The molecular weight excluding hydrogens is 480 g/mol. The Morgan fingerprint density at radius 3 is 2.92 bits per heavy atom. The first-order valence-corrected chi connectivity index (χ1v) is 13.1. The van der Waals surface area contributed by atoms with E-state index in [2.05, 4.69) is 40.8 Å². The highest BCUT2D eigenvalue weighted by molar-refractivity contribution is 7.89. The smallest absolute Gasteiger partial charge is 0.240 e. The van der Waals surface area contributed by atoms with Gasteiger partial charge in [0, 0.05) is 55.7 Å². The van der Waals surface area contributed by atoms with Crippen molar-refractivity contribution in [3.63, 3.8) is 0 Å². The second-order valence-electron chi connectivity index (χ2n) is 8.50. The lowest BCUT2D eigenvalue weighted by Gasteiger charge is -2.26. The molecule has 0 saturated carbocycles. The van der Waals surface area contributed by atoms with Crippen LogP contribution in [0.25, 0.3) is 22.3 Å². The Kier molecular flexibility index (Phi) is 7.06. The average molecular weight is 507 g/mol. The van der Waals surface area contributed by atoms with E-state index < -0.39 is 15.9 Å². The van der Waals surface area contributed by atoms with Gasteiger partial charge in [0.05, 0.1) is 41.8 Å². The topological polar surface area (TPSA) is 153 Å². The molecule has 4 aromatic rings. The average Bonchev–Trinajstić information content (AvgIpc) is 3.58. The first kappa shape index (κ1) is 24.1. The van der Waals surface area contributed by atoms with Crippen LogP contribution in [0.3, 0.4) is 0 Å². The number of morpholine rings is 1. The number of hydrogen-bond donors (Lipinski definition) is 3. The summed E-state index contributed by atoms with van der Waals surface area (Å²) in [6, 6.07) is 10.8. The molecule has 0 aliphatic carbocycles. The third kappa shape index (κ3) is 5.00.